The van der Waals surface area contributed by atoms with Gasteiger partial charge in [-0.2, -0.15) is 5.10 Å². The Morgan fingerprint density at radius 2 is 1.85 bits per heavy atom. The van der Waals surface area contributed by atoms with Gasteiger partial charge in [-0.1, -0.05) is 24.3 Å². The van der Waals surface area contributed by atoms with E-state index < -0.39 is 0 Å². The summed E-state index contributed by atoms with van der Waals surface area (Å²) in [5.41, 5.74) is 5.35. The molecular weight excluding hydrogens is 340 g/mol. The summed E-state index contributed by atoms with van der Waals surface area (Å²) in [7, 11) is 0. The quantitative estimate of drug-likeness (QED) is 0.872. The zero-order chi connectivity index (χ0) is 18.4. The minimum absolute atomic E-state index is 0.135. The molecule has 0 spiro atoms. The van der Waals surface area contributed by atoms with Crippen LogP contribution in [0.25, 0.3) is 0 Å². The Morgan fingerprint density at radius 1 is 1.11 bits per heavy atom. The molecular formula is C21H24N4O2. The number of nitrogens with one attached hydrogen (secondary N) is 2. The predicted molar refractivity (Wildman–Crippen MR) is 100 cm³/mol. The van der Waals surface area contributed by atoms with E-state index in [4.69, 9.17) is 0 Å². The summed E-state index contributed by atoms with van der Waals surface area (Å²) in [6.07, 6.45) is 6.32. The van der Waals surface area contributed by atoms with Crippen molar-refractivity contribution in [2.24, 2.45) is 0 Å². The molecule has 2 amide bonds. The van der Waals surface area contributed by atoms with Crippen molar-refractivity contribution in [2.45, 2.75) is 57.0 Å². The number of rotatable bonds is 3. The normalized spacial score (nSPS) is 22.0. The molecule has 0 bridgehead atoms. The zero-order valence-electron chi connectivity index (χ0n) is 15.3. The second-order valence-corrected chi connectivity index (χ2v) is 7.99. The van der Waals surface area contributed by atoms with Crippen LogP contribution in [0.4, 0.5) is 0 Å². The van der Waals surface area contributed by atoms with Crippen molar-refractivity contribution in [1.82, 2.24) is 20.4 Å². The fourth-order valence-electron chi connectivity index (χ4n) is 4.86. The zero-order valence-corrected chi connectivity index (χ0v) is 15.3. The Hall–Kier alpha value is -2.63. The van der Waals surface area contributed by atoms with E-state index in [1.54, 1.807) is 0 Å². The van der Waals surface area contributed by atoms with Crippen molar-refractivity contribution in [3.8, 4) is 0 Å². The van der Waals surface area contributed by atoms with E-state index in [1.807, 2.05) is 4.90 Å². The number of amides is 2. The summed E-state index contributed by atoms with van der Waals surface area (Å²) < 4.78 is 0. The number of hydrogen-bond acceptors (Lipinski definition) is 3. The monoisotopic (exact) mass is 364 g/mol. The lowest BCUT2D eigenvalue weighted by Crippen LogP contribution is -2.41. The molecule has 27 heavy (non-hydrogen) atoms. The first kappa shape index (κ1) is 16.5. The number of carbonyl (C=O) groups excluding carboxylic acids is 2. The lowest BCUT2D eigenvalue weighted by Gasteiger charge is -2.24. The van der Waals surface area contributed by atoms with Gasteiger partial charge in [0.05, 0.1) is 6.04 Å². The number of aromatic amines is 1. The van der Waals surface area contributed by atoms with Gasteiger partial charge >= 0.3 is 0 Å². The summed E-state index contributed by atoms with van der Waals surface area (Å²) >= 11 is 0. The molecule has 6 nitrogen and oxygen atoms in total. The number of aryl methyl sites for hydroxylation is 1. The number of hydrogen-bond donors (Lipinski definition) is 2. The third-order valence-corrected chi connectivity index (χ3v) is 6.24. The molecule has 6 heteroatoms. The van der Waals surface area contributed by atoms with E-state index in [0.29, 0.717) is 18.7 Å². The molecule has 1 atom stereocenters. The molecule has 1 saturated heterocycles. The molecule has 2 heterocycles. The number of aromatic nitrogens is 2. The van der Waals surface area contributed by atoms with Gasteiger partial charge in [0.2, 0.25) is 5.91 Å². The fraction of sp³-hybridized carbons (Fsp3) is 0.476. The smallest absolute Gasteiger partial charge is 0.272 e. The van der Waals surface area contributed by atoms with E-state index in [9.17, 15) is 9.59 Å². The molecule has 2 aromatic rings. The van der Waals surface area contributed by atoms with Crippen LogP contribution in [0.3, 0.4) is 0 Å². The average molecular weight is 364 g/mol. The van der Waals surface area contributed by atoms with Gasteiger partial charge in [-0.15, -0.1) is 0 Å². The highest BCUT2D eigenvalue weighted by Crippen LogP contribution is 2.28. The summed E-state index contributed by atoms with van der Waals surface area (Å²) in [5, 5.41) is 10.3. The minimum atomic E-state index is -0.149. The van der Waals surface area contributed by atoms with Crippen LogP contribution in [0, 0.1) is 0 Å². The number of carbonyl (C=O) groups is 2. The minimum Gasteiger partial charge on any atom is -0.346 e. The van der Waals surface area contributed by atoms with Gasteiger partial charge in [0, 0.05) is 30.3 Å². The van der Waals surface area contributed by atoms with E-state index >= 15 is 0 Å². The highest BCUT2D eigenvalue weighted by atomic mass is 16.2. The number of H-pyrrole nitrogens is 1. The Balaban J connectivity index is 1.25. The topological polar surface area (TPSA) is 78.1 Å². The number of fused-ring (bicyclic) bond motifs is 2. The molecule has 3 aliphatic rings. The maximum atomic E-state index is 12.7. The molecule has 2 N–H and O–H groups in total. The van der Waals surface area contributed by atoms with Gasteiger partial charge in [-0.25, -0.2) is 0 Å². The average Bonchev–Trinajstić information content (AvgIpc) is 3.37. The third kappa shape index (κ3) is 2.93. The van der Waals surface area contributed by atoms with E-state index in [2.05, 4.69) is 39.8 Å². The molecule has 1 aromatic heterocycles. The van der Waals surface area contributed by atoms with Gasteiger partial charge in [-0.05, 0) is 49.7 Å². The summed E-state index contributed by atoms with van der Waals surface area (Å²) in [5.74, 6) is -0.00841. The number of nitrogens with zero attached hydrogens (tertiary/aromatic N) is 2. The SMILES string of the molecule is O=C(N[C@@H]1CC(=O)N(C2Cc3ccccc3C2)C1)c1n[nH]c2c1CCCC2. The Kier molecular flexibility index (Phi) is 3.99. The van der Waals surface area contributed by atoms with E-state index in [1.165, 1.54) is 11.1 Å². The molecule has 1 aromatic carbocycles. The number of likely N-dealkylation sites (tertiary alicyclic amines) is 1. The van der Waals surface area contributed by atoms with Crippen molar-refractivity contribution in [3.63, 3.8) is 0 Å². The Bertz CT molecular complexity index is 878. The van der Waals surface area contributed by atoms with Gasteiger partial charge < -0.3 is 10.2 Å². The molecule has 0 unspecified atom stereocenters. The van der Waals surface area contributed by atoms with Crippen LogP contribution in [0.2, 0.25) is 0 Å². The molecule has 5 rings (SSSR count). The van der Waals surface area contributed by atoms with Gasteiger partial charge in [0.15, 0.2) is 5.69 Å². The summed E-state index contributed by atoms with van der Waals surface area (Å²) in [6, 6.07) is 8.49. The van der Waals surface area contributed by atoms with E-state index in [0.717, 1.165) is 49.8 Å². The van der Waals surface area contributed by atoms with Crippen LogP contribution >= 0.6 is 0 Å². The highest BCUT2D eigenvalue weighted by molar-refractivity contribution is 5.95. The molecule has 2 aliphatic carbocycles. The first-order chi connectivity index (χ1) is 13.2. The molecule has 1 fully saturated rings. The van der Waals surface area contributed by atoms with Crippen molar-refractivity contribution in [2.75, 3.05) is 6.54 Å². The summed E-state index contributed by atoms with van der Waals surface area (Å²) in [6.45, 7) is 0.593. The van der Waals surface area contributed by atoms with Crippen LogP contribution in [0.15, 0.2) is 24.3 Å². The maximum absolute atomic E-state index is 12.7. The second kappa shape index (κ2) is 6.51. The van der Waals surface area contributed by atoms with Crippen molar-refractivity contribution >= 4 is 11.8 Å². The standard InChI is InChI=1S/C21H24N4O2/c26-19-11-15(12-25(19)16-9-13-5-1-2-6-14(13)10-16)22-21(27)20-17-7-3-4-8-18(17)23-24-20/h1-2,5-6,15-16H,3-4,7-12H2,(H,22,27)(H,23,24)/t15-/m1/s1. The summed E-state index contributed by atoms with van der Waals surface area (Å²) in [4.78, 5) is 27.3. The Morgan fingerprint density at radius 3 is 2.63 bits per heavy atom. The lowest BCUT2D eigenvalue weighted by atomic mass is 9.95. The van der Waals surface area contributed by atoms with Crippen LogP contribution in [0.5, 0.6) is 0 Å². The van der Waals surface area contributed by atoms with Crippen LogP contribution in [-0.2, 0) is 30.5 Å². The van der Waals surface area contributed by atoms with Crippen LogP contribution < -0.4 is 5.32 Å². The number of benzene rings is 1. The molecule has 0 radical (unpaired) electrons. The van der Waals surface area contributed by atoms with Crippen molar-refractivity contribution in [1.29, 1.82) is 0 Å². The highest BCUT2D eigenvalue weighted by Gasteiger charge is 2.38. The molecule has 1 aliphatic heterocycles. The molecule has 0 saturated carbocycles. The fourth-order valence-corrected chi connectivity index (χ4v) is 4.86. The largest absolute Gasteiger partial charge is 0.346 e. The van der Waals surface area contributed by atoms with Crippen LogP contribution in [-0.4, -0.2) is 45.5 Å². The predicted octanol–water partition coefficient (Wildman–Crippen LogP) is 1.79. The second-order valence-electron chi connectivity index (χ2n) is 7.99. The van der Waals surface area contributed by atoms with Crippen molar-refractivity contribution in [3.05, 3.63) is 52.3 Å². The van der Waals surface area contributed by atoms with Crippen LogP contribution in [0.1, 0.15) is 52.1 Å². The maximum Gasteiger partial charge on any atom is 0.272 e. The van der Waals surface area contributed by atoms with Gasteiger partial charge in [0.1, 0.15) is 0 Å². The van der Waals surface area contributed by atoms with Gasteiger partial charge in [-0.3, -0.25) is 14.7 Å². The van der Waals surface area contributed by atoms with E-state index in [-0.39, 0.29) is 23.9 Å². The Labute approximate surface area is 158 Å². The van der Waals surface area contributed by atoms with Gasteiger partial charge in [0.25, 0.3) is 5.91 Å². The first-order valence-electron chi connectivity index (χ1n) is 9.92. The third-order valence-electron chi connectivity index (χ3n) is 6.24. The molecule has 140 valence electrons. The van der Waals surface area contributed by atoms with Crippen molar-refractivity contribution < 1.29 is 9.59 Å². The lowest BCUT2D eigenvalue weighted by molar-refractivity contribution is -0.129. The first-order valence-corrected chi connectivity index (χ1v) is 9.92.